The standard InChI is InChI=1S/C22H25N3O3S2/c1-15-7-12-19-20(16(15)2)24(3)22(29-19)23-21(26)17-8-10-18(11-9-17)30(27,28)25-13-5-4-6-14-25/h7-12H,4-6,13-14H2,1-3H3. The van der Waals surface area contributed by atoms with Crippen LogP contribution in [0.3, 0.4) is 0 Å². The van der Waals surface area contributed by atoms with E-state index in [0.717, 1.165) is 29.5 Å². The molecule has 8 heteroatoms. The van der Waals surface area contributed by atoms with E-state index >= 15 is 0 Å². The van der Waals surface area contributed by atoms with E-state index in [4.69, 9.17) is 0 Å². The van der Waals surface area contributed by atoms with Gasteiger partial charge in [-0.25, -0.2) is 8.42 Å². The van der Waals surface area contributed by atoms with Crippen LogP contribution >= 0.6 is 11.3 Å². The van der Waals surface area contributed by atoms with Gasteiger partial charge in [0.05, 0.1) is 15.1 Å². The summed E-state index contributed by atoms with van der Waals surface area (Å²) in [7, 11) is -1.60. The van der Waals surface area contributed by atoms with Crippen LogP contribution in [-0.2, 0) is 17.1 Å². The van der Waals surface area contributed by atoms with Crippen LogP contribution < -0.4 is 4.80 Å². The average Bonchev–Trinajstić information content (AvgIpc) is 3.07. The molecule has 4 rings (SSSR count). The molecule has 0 unspecified atom stereocenters. The molecular formula is C22H25N3O3S2. The number of aromatic nitrogens is 1. The molecule has 1 aliphatic heterocycles. The summed E-state index contributed by atoms with van der Waals surface area (Å²) < 4.78 is 30.1. The third kappa shape index (κ3) is 3.75. The highest BCUT2D eigenvalue weighted by molar-refractivity contribution is 7.89. The van der Waals surface area contributed by atoms with Crippen molar-refractivity contribution in [1.29, 1.82) is 0 Å². The van der Waals surface area contributed by atoms with Crippen LogP contribution in [0, 0.1) is 13.8 Å². The molecule has 0 N–H and O–H groups in total. The summed E-state index contributed by atoms with van der Waals surface area (Å²) in [5.41, 5.74) is 3.82. The number of benzene rings is 2. The van der Waals surface area contributed by atoms with Crippen molar-refractivity contribution in [3.63, 3.8) is 0 Å². The summed E-state index contributed by atoms with van der Waals surface area (Å²) >= 11 is 1.47. The van der Waals surface area contributed by atoms with Gasteiger partial charge in [0, 0.05) is 25.7 Å². The molecule has 1 aliphatic rings. The molecule has 0 spiro atoms. The summed E-state index contributed by atoms with van der Waals surface area (Å²) in [4.78, 5) is 17.9. The monoisotopic (exact) mass is 443 g/mol. The lowest BCUT2D eigenvalue weighted by Gasteiger charge is -2.25. The molecule has 2 heterocycles. The van der Waals surface area contributed by atoms with Crippen LogP contribution in [-0.4, -0.2) is 36.3 Å². The summed E-state index contributed by atoms with van der Waals surface area (Å²) in [6.45, 7) is 5.24. The number of nitrogens with zero attached hydrogens (tertiary/aromatic N) is 3. The van der Waals surface area contributed by atoms with Gasteiger partial charge in [-0.2, -0.15) is 9.30 Å². The summed E-state index contributed by atoms with van der Waals surface area (Å²) in [6, 6.07) is 10.2. The largest absolute Gasteiger partial charge is 0.319 e. The van der Waals surface area contributed by atoms with E-state index in [-0.39, 0.29) is 10.8 Å². The zero-order chi connectivity index (χ0) is 21.5. The van der Waals surface area contributed by atoms with Crippen LogP contribution in [0.1, 0.15) is 40.7 Å². The minimum atomic E-state index is -3.51. The smallest absolute Gasteiger partial charge is 0.279 e. The summed E-state index contributed by atoms with van der Waals surface area (Å²) in [6.07, 6.45) is 2.84. The quantitative estimate of drug-likeness (QED) is 0.619. The van der Waals surface area contributed by atoms with E-state index in [2.05, 4.69) is 24.9 Å². The fraction of sp³-hybridized carbons (Fsp3) is 0.364. The SMILES string of the molecule is Cc1ccc2sc(=NC(=O)c3ccc(S(=O)(=O)N4CCCCC4)cc3)n(C)c2c1C. The van der Waals surface area contributed by atoms with Gasteiger partial charge in [-0.15, -0.1) is 0 Å². The Balaban J connectivity index is 1.64. The minimum Gasteiger partial charge on any atom is -0.319 e. The van der Waals surface area contributed by atoms with Gasteiger partial charge in [-0.3, -0.25) is 4.79 Å². The predicted molar refractivity (Wildman–Crippen MR) is 119 cm³/mol. The van der Waals surface area contributed by atoms with Crippen LogP contribution in [0.15, 0.2) is 46.3 Å². The second kappa shape index (κ2) is 8.09. The third-order valence-corrected chi connectivity index (χ3v) is 8.75. The first kappa shape index (κ1) is 21.0. The van der Waals surface area contributed by atoms with E-state index in [1.165, 1.54) is 38.9 Å². The number of carbonyl (C=O) groups excluding carboxylic acids is 1. The number of piperidine rings is 1. The fourth-order valence-corrected chi connectivity index (χ4v) is 6.40. The Morgan fingerprint density at radius 1 is 1.00 bits per heavy atom. The molecule has 158 valence electrons. The predicted octanol–water partition coefficient (Wildman–Crippen LogP) is 3.77. The molecule has 6 nitrogen and oxygen atoms in total. The number of rotatable bonds is 3. The third-order valence-electron chi connectivity index (χ3n) is 5.74. The number of hydrogen-bond acceptors (Lipinski definition) is 4. The zero-order valence-corrected chi connectivity index (χ0v) is 19.0. The second-order valence-electron chi connectivity index (χ2n) is 7.70. The van der Waals surface area contributed by atoms with Gasteiger partial charge < -0.3 is 4.57 Å². The van der Waals surface area contributed by atoms with Crippen molar-refractivity contribution in [1.82, 2.24) is 8.87 Å². The molecule has 3 aromatic rings. The van der Waals surface area contributed by atoms with Gasteiger partial charge >= 0.3 is 0 Å². The number of carbonyl (C=O) groups is 1. The molecule has 0 aliphatic carbocycles. The van der Waals surface area contributed by atoms with E-state index in [9.17, 15) is 13.2 Å². The zero-order valence-electron chi connectivity index (χ0n) is 17.4. The first-order valence-electron chi connectivity index (χ1n) is 10.0. The highest BCUT2D eigenvalue weighted by Gasteiger charge is 2.25. The maximum absolute atomic E-state index is 12.8. The lowest BCUT2D eigenvalue weighted by Crippen LogP contribution is -2.35. The van der Waals surface area contributed by atoms with Gasteiger partial charge in [-0.1, -0.05) is 23.8 Å². The van der Waals surface area contributed by atoms with Gasteiger partial charge in [0.15, 0.2) is 4.80 Å². The summed E-state index contributed by atoms with van der Waals surface area (Å²) in [5, 5.41) is 0. The van der Waals surface area contributed by atoms with E-state index in [1.807, 2.05) is 17.7 Å². The fourth-order valence-electron chi connectivity index (χ4n) is 3.81. The molecule has 0 atom stereocenters. The van der Waals surface area contributed by atoms with Gasteiger partial charge in [0.25, 0.3) is 5.91 Å². The molecule has 1 amide bonds. The molecule has 2 aromatic carbocycles. The van der Waals surface area contributed by atoms with Gasteiger partial charge in [-0.05, 0) is 68.1 Å². The maximum atomic E-state index is 12.8. The molecule has 0 saturated carbocycles. The number of fused-ring (bicyclic) bond motifs is 1. The van der Waals surface area contributed by atoms with Crippen molar-refractivity contribution < 1.29 is 13.2 Å². The Morgan fingerprint density at radius 3 is 2.33 bits per heavy atom. The lowest BCUT2D eigenvalue weighted by atomic mass is 10.1. The Labute approximate surface area is 180 Å². The van der Waals surface area contributed by atoms with E-state index < -0.39 is 10.0 Å². The Bertz CT molecular complexity index is 1280. The Morgan fingerprint density at radius 2 is 1.67 bits per heavy atom. The number of amides is 1. The molecule has 1 fully saturated rings. The van der Waals surface area contributed by atoms with Crippen molar-refractivity contribution in [3.05, 3.63) is 57.9 Å². The van der Waals surface area contributed by atoms with E-state index in [0.29, 0.717) is 23.5 Å². The molecular weight excluding hydrogens is 418 g/mol. The number of aryl methyl sites for hydroxylation is 3. The van der Waals surface area contributed by atoms with Crippen LogP contribution in [0.4, 0.5) is 0 Å². The molecule has 1 aromatic heterocycles. The topological polar surface area (TPSA) is 71.7 Å². The van der Waals surface area contributed by atoms with Crippen molar-refractivity contribution in [2.75, 3.05) is 13.1 Å². The Hall–Kier alpha value is -2.29. The van der Waals surface area contributed by atoms with Crippen molar-refractivity contribution >= 4 is 37.5 Å². The average molecular weight is 444 g/mol. The normalized spacial score (nSPS) is 16.3. The van der Waals surface area contributed by atoms with E-state index in [1.54, 1.807) is 12.1 Å². The summed E-state index contributed by atoms with van der Waals surface area (Å²) in [5.74, 6) is -0.381. The highest BCUT2D eigenvalue weighted by atomic mass is 32.2. The maximum Gasteiger partial charge on any atom is 0.279 e. The van der Waals surface area contributed by atoms with Crippen LogP contribution in [0.2, 0.25) is 0 Å². The number of sulfonamides is 1. The molecule has 0 bridgehead atoms. The van der Waals surface area contributed by atoms with Gasteiger partial charge in [0.2, 0.25) is 10.0 Å². The van der Waals surface area contributed by atoms with Crippen LogP contribution in [0.25, 0.3) is 10.2 Å². The van der Waals surface area contributed by atoms with Crippen LogP contribution in [0.5, 0.6) is 0 Å². The first-order chi connectivity index (χ1) is 14.3. The van der Waals surface area contributed by atoms with Gasteiger partial charge in [0.1, 0.15) is 0 Å². The second-order valence-corrected chi connectivity index (χ2v) is 10.7. The molecule has 0 radical (unpaired) electrons. The molecule has 1 saturated heterocycles. The highest BCUT2D eigenvalue weighted by Crippen LogP contribution is 2.23. The first-order valence-corrected chi connectivity index (χ1v) is 12.3. The van der Waals surface area contributed by atoms with Crippen molar-refractivity contribution in [2.45, 2.75) is 38.0 Å². The van der Waals surface area contributed by atoms with Crippen molar-refractivity contribution in [2.24, 2.45) is 12.0 Å². The van der Waals surface area contributed by atoms with Crippen molar-refractivity contribution in [3.8, 4) is 0 Å². The number of hydrogen-bond donors (Lipinski definition) is 0. The molecule has 30 heavy (non-hydrogen) atoms. The lowest BCUT2D eigenvalue weighted by molar-refractivity contribution is 0.0998. The minimum absolute atomic E-state index is 0.222. The number of thiazole rings is 1. The Kier molecular flexibility index (Phi) is 5.65.